The summed E-state index contributed by atoms with van der Waals surface area (Å²) in [5.74, 6) is 1.69. The van der Waals surface area contributed by atoms with Crippen LogP contribution in [0.25, 0.3) is 10.9 Å². The van der Waals surface area contributed by atoms with Crippen molar-refractivity contribution in [3.63, 3.8) is 0 Å². The minimum absolute atomic E-state index is 0.00720. The van der Waals surface area contributed by atoms with Gasteiger partial charge in [0, 0.05) is 35.6 Å². The lowest BCUT2D eigenvalue weighted by Gasteiger charge is -2.36. The van der Waals surface area contributed by atoms with E-state index >= 15 is 0 Å². The predicted octanol–water partition coefficient (Wildman–Crippen LogP) is 4.99. The van der Waals surface area contributed by atoms with Crippen molar-refractivity contribution in [1.82, 2.24) is 9.47 Å². The SMILES string of the molecule is Cn1cc(C(=O)N2CCc3ccsc3C2Cc2ccc3c(c2)OCCO3)c2ccccc21. The topological polar surface area (TPSA) is 43.7 Å². The lowest BCUT2D eigenvalue weighted by molar-refractivity contribution is 0.0666. The normalized spacial score (nSPS) is 17.4. The molecule has 162 valence electrons. The number of para-hydroxylation sites is 1. The number of fused-ring (bicyclic) bond motifs is 3. The lowest BCUT2D eigenvalue weighted by atomic mass is 9.94. The Bertz CT molecular complexity index is 1320. The van der Waals surface area contributed by atoms with Crippen LogP contribution in [-0.2, 0) is 19.9 Å². The second kappa shape index (κ2) is 7.71. The zero-order chi connectivity index (χ0) is 21.7. The highest BCUT2D eigenvalue weighted by Crippen LogP contribution is 2.39. The van der Waals surface area contributed by atoms with Crippen LogP contribution in [0.3, 0.4) is 0 Å². The molecule has 0 N–H and O–H groups in total. The van der Waals surface area contributed by atoms with E-state index in [0.717, 1.165) is 52.9 Å². The number of thiophene rings is 1. The third-order valence-corrected chi connectivity index (χ3v) is 7.57. The van der Waals surface area contributed by atoms with Crippen LogP contribution in [-0.4, -0.2) is 35.1 Å². The van der Waals surface area contributed by atoms with Crippen LogP contribution in [0.1, 0.15) is 32.4 Å². The number of aryl methyl sites for hydroxylation is 1. The van der Waals surface area contributed by atoms with Gasteiger partial charge in [0.1, 0.15) is 13.2 Å². The number of nitrogens with zero attached hydrogens (tertiary/aromatic N) is 2. The molecule has 6 heteroatoms. The number of hydrogen-bond acceptors (Lipinski definition) is 4. The smallest absolute Gasteiger partial charge is 0.256 e. The zero-order valence-electron chi connectivity index (χ0n) is 17.9. The van der Waals surface area contributed by atoms with Gasteiger partial charge >= 0.3 is 0 Å². The van der Waals surface area contributed by atoms with E-state index in [1.54, 1.807) is 11.3 Å². The molecule has 6 rings (SSSR count). The summed E-state index contributed by atoms with van der Waals surface area (Å²) in [6.07, 6.45) is 3.62. The summed E-state index contributed by atoms with van der Waals surface area (Å²) in [5, 5.41) is 3.16. The van der Waals surface area contributed by atoms with Crippen LogP contribution in [0.2, 0.25) is 0 Å². The monoisotopic (exact) mass is 444 g/mol. The summed E-state index contributed by atoms with van der Waals surface area (Å²) in [4.78, 5) is 17.2. The van der Waals surface area contributed by atoms with Gasteiger partial charge in [0.2, 0.25) is 0 Å². The van der Waals surface area contributed by atoms with E-state index in [0.29, 0.717) is 13.2 Å². The largest absolute Gasteiger partial charge is 0.486 e. The molecule has 0 saturated carbocycles. The third-order valence-electron chi connectivity index (χ3n) is 6.51. The molecular formula is C26H24N2O3S. The summed E-state index contributed by atoms with van der Waals surface area (Å²) in [6, 6.07) is 16.5. The molecule has 5 nitrogen and oxygen atoms in total. The van der Waals surface area contributed by atoms with Gasteiger partial charge in [-0.25, -0.2) is 0 Å². The average molecular weight is 445 g/mol. The number of carbonyl (C=O) groups excluding carboxylic acids is 1. The quantitative estimate of drug-likeness (QED) is 0.447. The maximum absolute atomic E-state index is 13.9. The van der Waals surface area contributed by atoms with Gasteiger partial charge in [-0.15, -0.1) is 11.3 Å². The zero-order valence-corrected chi connectivity index (χ0v) is 18.7. The van der Waals surface area contributed by atoms with E-state index in [4.69, 9.17) is 9.47 Å². The van der Waals surface area contributed by atoms with Crippen LogP contribution in [0.15, 0.2) is 60.1 Å². The number of hydrogen-bond donors (Lipinski definition) is 0. The fourth-order valence-corrected chi connectivity index (χ4v) is 6.00. The van der Waals surface area contributed by atoms with Gasteiger partial charge in [0.05, 0.1) is 11.6 Å². The van der Waals surface area contributed by atoms with Crippen LogP contribution >= 0.6 is 11.3 Å². The number of carbonyl (C=O) groups is 1. The van der Waals surface area contributed by atoms with E-state index in [-0.39, 0.29) is 11.9 Å². The molecule has 1 atom stereocenters. The highest BCUT2D eigenvalue weighted by Gasteiger charge is 2.33. The number of aromatic nitrogens is 1. The van der Waals surface area contributed by atoms with Crippen LogP contribution in [0.5, 0.6) is 11.5 Å². The second-order valence-corrected chi connectivity index (χ2v) is 9.38. The maximum Gasteiger partial charge on any atom is 0.256 e. The Hall–Kier alpha value is -3.25. The molecular weight excluding hydrogens is 420 g/mol. The molecule has 0 aliphatic carbocycles. The molecule has 2 aliphatic heterocycles. The van der Waals surface area contributed by atoms with Crippen molar-refractivity contribution < 1.29 is 14.3 Å². The summed E-state index contributed by atoms with van der Waals surface area (Å²) in [5.41, 5.74) is 4.36. The molecule has 0 saturated heterocycles. The number of rotatable bonds is 3. The second-order valence-electron chi connectivity index (χ2n) is 8.43. The first-order chi connectivity index (χ1) is 15.7. The van der Waals surface area contributed by atoms with Crippen LogP contribution in [0, 0.1) is 0 Å². The Morgan fingerprint density at radius 1 is 1.09 bits per heavy atom. The van der Waals surface area contributed by atoms with Gasteiger partial charge in [-0.1, -0.05) is 24.3 Å². The average Bonchev–Trinajstić information content (AvgIpc) is 3.44. The highest BCUT2D eigenvalue weighted by atomic mass is 32.1. The van der Waals surface area contributed by atoms with Crippen molar-refractivity contribution >= 4 is 28.1 Å². The molecule has 4 heterocycles. The highest BCUT2D eigenvalue weighted by molar-refractivity contribution is 7.10. The summed E-state index contributed by atoms with van der Waals surface area (Å²) in [6.45, 7) is 1.88. The Labute approximate surface area is 190 Å². The minimum Gasteiger partial charge on any atom is -0.486 e. The maximum atomic E-state index is 13.9. The van der Waals surface area contributed by atoms with E-state index < -0.39 is 0 Å². The molecule has 4 aromatic rings. The molecule has 32 heavy (non-hydrogen) atoms. The van der Waals surface area contributed by atoms with Gasteiger partial charge < -0.3 is 18.9 Å². The number of amides is 1. The van der Waals surface area contributed by atoms with E-state index in [2.05, 4.69) is 34.5 Å². The van der Waals surface area contributed by atoms with E-state index in [1.165, 1.54) is 10.4 Å². The molecule has 0 bridgehead atoms. The minimum atomic E-state index is 0.00720. The lowest BCUT2D eigenvalue weighted by Crippen LogP contribution is -2.40. The van der Waals surface area contributed by atoms with E-state index in [9.17, 15) is 4.79 Å². The molecule has 1 unspecified atom stereocenters. The van der Waals surface area contributed by atoms with Crippen molar-refractivity contribution in [2.45, 2.75) is 18.9 Å². The van der Waals surface area contributed by atoms with Gasteiger partial charge in [-0.2, -0.15) is 0 Å². The summed E-state index contributed by atoms with van der Waals surface area (Å²) >= 11 is 1.75. The standard InChI is InChI=1S/C26H24N2O3S/c1-27-16-20(19-4-2-3-5-21(19)27)26(29)28-10-8-18-9-13-32-25(18)22(28)14-17-6-7-23-24(15-17)31-12-11-30-23/h2-7,9,13,15-16,22H,8,10-12,14H2,1H3. The van der Waals surface area contributed by atoms with Crippen molar-refractivity contribution in [2.75, 3.05) is 19.8 Å². The van der Waals surface area contributed by atoms with Crippen molar-refractivity contribution in [3.8, 4) is 11.5 Å². The third kappa shape index (κ3) is 3.17. The van der Waals surface area contributed by atoms with Gasteiger partial charge in [-0.05, 0) is 53.6 Å². The fraction of sp³-hybridized carbons (Fsp3) is 0.269. The Balaban J connectivity index is 1.38. The first-order valence-corrected chi connectivity index (χ1v) is 11.9. The Kier molecular flexibility index (Phi) is 4.68. The van der Waals surface area contributed by atoms with E-state index in [1.807, 2.05) is 42.1 Å². The molecule has 1 amide bonds. The van der Waals surface area contributed by atoms with Crippen LogP contribution in [0.4, 0.5) is 0 Å². The van der Waals surface area contributed by atoms with Crippen molar-refractivity contribution in [2.24, 2.45) is 7.05 Å². The van der Waals surface area contributed by atoms with Crippen molar-refractivity contribution in [1.29, 1.82) is 0 Å². The molecule has 2 aromatic heterocycles. The predicted molar refractivity (Wildman–Crippen MR) is 126 cm³/mol. The van der Waals surface area contributed by atoms with Crippen molar-refractivity contribution in [3.05, 3.63) is 81.7 Å². The van der Waals surface area contributed by atoms with Gasteiger partial charge in [0.25, 0.3) is 5.91 Å². The molecule has 2 aromatic carbocycles. The number of ether oxygens (including phenoxy) is 2. The first kappa shape index (κ1) is 19.4. The summed E-state index contributed by atoms with van der Waals surface area (Å²) < 4.78 is 13.5. The molecule has 0 fully saturated rings. The molecule has 0 spiro atoms. The van der Waals surface area contributed by atoms with Gasteiger partial charge in [-0.3, -0.25) is 4.79 Å². The van der Waals surface area contributed by atoms with Crippen LogP contribution < -0.4 is 9.47 Å². The Morgan fingerprint density at radius 3 is 2.84 bits per heavy atom. The first-order valence-electron chi connectivity index (χ1n) is 11.0. The molecule has 0 radical (unpaired) electrons. The molecule has 2 aliphatic rings. The number of benzene rings is 2. The fourth-order valence-electron chi connectivity index (χ4n) is 4.94. The Morgan fingerprint density at radius 2 is 1.94 bits per heavy atom. The summed E-state index contributed by atoms with van der Waals surface area (Å²) in [7, 11) is 2.00. The van der Waals surface area contributed by atoms with Gasteiger partial charge in [0.15, 0.2) is 11.5 Å².